The SMILES string of the molecule is CC(=O)[O-].CCCCC1=CC=C[NH+]1CC. The summed E-state index contributed by atoms with van der Waals surface area (Å²) in [6, 6.07) is 0. The molecule has 3 nitrogen and oxygen atoms in total. The Morgan fingerprint density at radius 1 is 1.47 bits per heavy atom. The first-order valence-electron chi connectivity index (χ1n) is 5.52. The van der Waals surface area contributed by atoms with E-state index in [-0.39, 0.29) is 0 Å². The van der Waals surface area contributed by atoms with Gasteiger partial charge >= 0.3 is 0 Å². The number of hydrogen-bond donors (Lipinski definition) is 1. The highest BCUT2D eigenvalue weighted by Crippen LogP contribution is 2.03. The minimum atomic E-state index is -1.08. The van der Waals surface area contributed by atoms with E-state index in [1.54, 1.807) is 10.6 Å². The molecule has 15 heavy (non-hydrogen) atoms. The topological polar surface area (TPSA) is 44.6 Å². The molecule has 0 aromatic heterocycles. The molecule has 1 unspecified atom stereocenters. The lowest BCUT2D eigenvalue weighted by molar-refractivity contribution is -0.801. The number of quaternary nitrogens is 1. The Bertz CT molecular complexity index is 240. The number of hydrogen-bond acceptors (Lipinski definition) is 2. The third-order valence-corrected chi connectivity index (χ3v) is 2.19. The fourth-order valence-corrected chi connectivity index (χ4v) is 1.45. The summed E-state index contributed by atoms with van der Waals surface area (Å²) < 4.78 is 0. The number of nitrogens with one attached hydrogen (secondary N) is 1. The predicted molar refractivity (Wildman–Crippen MR) is 58.9 cm³/mol. The minimum Gasteiger partial charge on any atom is -0.550 e. The summed E-state index contributed by atoms with van der Waals surface area (Å²) in [4.78, 5) is 10.4. The number of carbonyl (C=O) groups is 1. The monoisotopic (exact) mass is 211 g/mol. The molecule has 1 atom stereocenters. The maximum absolute atomic E-state index is 8.89. The molecule has 0 radical (unpaired) electrons. The van der Waals surface area contributed by atoms with Crippen molar-refractivity contribution in [3.8, 4) is 0 Å². The summed E-state index contributed by atoms with van der Waals surface area (Å²) in [6.45, 7) is 6.63. The number of carboxylic acid groups (broad SMARTS) is 1. The van der Waals surface area contributed by atoms with E-state index in [9.17, 15) is 0 Å². The summed E-state index contributed by atoms with van der Waals surface area (Å²) in [7, 11) is 0. The van der Waals surface area contributed by atoms with Crippen LogP contribution in [-0.2, 0) is 4.79 Å². The molecule has 3 heteroatoms. The van der Waals surface area contributed by atoms with Crippen molar-refractivity contribution >= 4 is 5.97 Å². The van der Waals surface area contributed by atoms with Gasteiger partial charge < -0.3 is 9.90 Å². The van der Waals surface area contributed by atoms with Crippen molar-refractivity contribution in [1.29, 1.82) is 0 Å². The van der Waals surface area contributed by atoms with Crippen molar-refractivity contribution in [2.75, 3.05) is 6.54 Å². The van der Waals surface area contributed by atoms with Crippen LogP contribution in [0.1, 0.15) is 40.0 Å². The summed E-state index contributed by atoms with van der Waals surface area (Å²) in [5.41, 5.74) is 1.56. The molecular formula is C12H21NO2. The Hall–Kier alpha value is -1.09. The Labute approximate surface area is 92.1 Å². The van der Waals surface area contributed by atoms with Crippen LogP contribution >= 0.6 is 0 Å². The number of aliphatic carboxylic acids is 1. The molecule has 1 aliphatic rings. The van der Waals surface area contributed by atoms with Crippen LogP contribution in [0.3, 0.4) is 0 Å². The zero-order chi connectivity index (χ0) is 11.7. The molecule has 0 spiro atoms. The van der Waals surface area contributed by atoms with Crippen molar-refractivity contribution in [3.05, 3.63) is 24.0 Å². The number of unbranched alkanes of at least 4 members (excludes halogenated alkanes) is 1. The summed E-state index contributed by atoms with van der Waals surface area (Å²) in [6.07, 6.45) is 10.6. The lowest BCUT2D eigenvalue weighted by atomic mass is 10.2. The van der Waals surface area contributed by atoms with E-state index < -0.39 is 5.97 Å². The number of carbonyl (C=O) groups excluding carboxylic acids is 1. The molecule has 1 aliphatic heterocycles. The molecule has 0 aromatic carbocycles. The van der Waals surface area contributed by atoms with Gasteiger partial charge in [0, 0.05) is 18.5 Å². The van der Waals surface area contributed by atoms with Crippen molar-refractivity contribution in [2.45, 2.75) is 40.0 Å². The van der Waals surface area contributed by atoms with Crippen molar-refractivity contribution in [1.82, 2.24) is 0 Å². The van der Waals surface area contributed by atoms with E-state index >= 15 is 0 Å². The predicted octanol–water partition coefficient (Wildman–Crippen LogP) is 0.249. The second kappa shape index (κ2) is 8.24. The van der Waals surface area contributed by atoms with E-state index in [4.69, 9.17) is 9.90 Å². The van der Waals surface area contributed by atoms with Gasteiger partial charge in [-0.05, 0) is 26.3 Å². The van der Waals surface area contributed by atoms with Gasteiger partial charge in [-0.2, -0.15) is 0 Å². The highest BCUT2D eigenvalue weighted by atomic mass is 16.4. The minimum absolute atomic E-state index is 0.972. The first-order chi connectivity index (χ1) is 7.11. The van der Waals surface area contributed by atoms with Crippen LogP contribution in [0.15, 0.2) is 24.0 Å². The molecule has 0 saturated carbocycles. The smallest absolute Gasteiger partial charge is 0.112 e. The molecule has 0 amide bonds. The van der Waals surface area contributed by atoms with Crippen molar-refractivity contribution in [2.24, 2.45) is 0 Å². The molecule has 0 bridgehead atoms. The van der Waals surface area contributed by atoms with Crippen molar-refractivity contribution in [3.63, 3.8) is 0 Å². The van der Waals surface area contributed by atoms with Crippen LogP contribution < -0.4 is 10.0 Å². The van der Waals surface area contributed by atoms with Gasteiger partial charge in [0.2, 0.25) is 0 Å². The average molecular weight is 211 g/mol. The molecule has 1 heterocycles. The first-order valence-corrected chi connectivity index (χ1v) is 5.52. The maximum atomic E-state index is 8.89. The van der Waals surface area contributed by atoms with Gasteiger partial charge in [-0.3, -0.25) is 4.90 Å². The van der Waals surface area contributed by atoms with Crippen LogP contribution in [0.4, 0.5) is 0 Å². The zero-order valence-electron chi connectivity index (χ0n) is 9.88. The lowest BCUT2D eigenvalue weighted by Crippen LogP contribution is -3.04. The van der Waals surface area contributed by atoms with Gasteiger partial charge in [0.25, 0.3) is 0 Å². The third kappa shape index (κ3) is 6.91. The van der Waals surface area contributed by atoms with E-state index in [2.05, 4.69) is 32.2 Å². The number of carboxylic acids is 1. The molecule has 86 valence electrons. The van der Waals surface area contributed by atoms with Crippen LogP contribution in [0, 0.1) is 0 Å². The summed E-state index contributed by atoms with van der Waals surface area (Å²) in [5, 5.41) is 8.89. The molecule has 1 N–H and O–H groups in total. The fraction of sp³-hybridized carbons (Fsp3) is 0.583. The number of allylic oxidation sites excluding steroid dienone is 3. The van der Waals surface area contributed by atoms with E-state index in [1.807, 2.05) is 0 Å². The second-order valence-electron chi connectivity index (χ2n) is 3.52. The second-order valence-corrected chi connectivity index (χ2v) is 3.52. The van der Waals surface area contributed by atoms with Crippen molar-refractivity contribution < 1.29 is 14.8 Å². The Kier molecular flexibility index (Phi) is 7.64. The van der Waals surface area contributed by atoms with Gasteiger partial charge in [0.1, 0.15) is 5.70 Å². The van der Waals surface area contributed by atoms with Crippen LogP contribution in [-0.4, -0.2) is 12.5 Å². The van der Waals surface area contributed by atoms with Gasteiger partial charge in [0.15, 0.2) is 0 Å². The molecule has 0 saturated heterocycles. The van der Waals surface area contributed by atoms with Crippen LogP contribution in [0.5, 0.6) is 0 Å². The van der Waals surface area contributed by atoms with E-state index in [1.165, 1.54) is 25.8 Å². The maximum Gasteiger partial charge on any atom is 0.112 e. The van der Waals surface area contributed by atoms with Crippen LogP contribution in [0.2, 0.25) is 0 Å². The normalized spacial score (nSPS) is 18.1. The molecule has 0 fully saturated rings. The quantitative estimate of drug-likeness (QED) is 0.724. The third-order valence-electron chi connectivity index (χ3n) is 2.19. The first kappa shape index (κ1) is 13.9. The Balaban J connectivity index is 0.000000423. The van der Waals surface area contributed by atoms with Gasteiger partial charge in [0.05, 0.1) is 12.7 Å². The Morgan fingerprint density at radius 2 is 2.07 bits per heavy atom. The fourth-order valence-electron chi connectivity index (χ4n) is 1.45. The van der Waals surface area contributed by atoms with Gasteiger partial charge in [-0.15, -0.1) is 0 Å². The highest BCUT2D eigenvalue weighted by Gasteiger charge is 2.12. The van der Waals surface area contributed by atoms with E-state index in [0.29, 0.717) is 0 Å². The lowest BCUT2D eigenvalue weighted by Gasteiger charge is -2.10. The highest BCUT2D eigenvalue weighted by molar-refractivity contribution is 5.60. The molecule has 1 rings (SSSR count). The Morgan fingerprint density at radius 3 is 2.53 bits per heavy atom. The molecular weight excluding hydrogens is 190 g/mol. The standard InChI is InChI=1S/C10H17N.C2H4O2/c1-3-5-7-10-8-6-9-11(10)4-2;1-2(3)4/h6,8-9H,3-5,7H2,1-2H3;1H3,(H,3,4). The molecule has 0 aliphatic carbocycles. The summed E-state index contributed by atoms with van der Waals surface area (Å²) in [5.74, 6) is -1.08. The molecule has 0 aromatic rings. The summed E-state index contributed by atoms with van der Waals surface area (Å²) >= 11 is 0. The zero-order valence-corrected chi connectivity index (χ0v) is 9.88. The van der Waals surface area contributed by atoms with Gasteiger partial charge in [-0.25, -0.2) is 0 Å². The average Bonchev–Trinajstić information content (AvgIpc) is 2.60. The van der Waals surface area contributed by atoms with Gasteiger partial charge in [-0.1, -0.05) is 13.3 Å². The van der Waals surface area contributed by atoms with E-state index in [0.717, 1.165) is 6.92 Å². The number of rotatable bonds is 4. The van der Waals surface area contributed by atoms with Crippen LogP contribution in [0.25, 0.3) is 0 Å². The largest absolute Gasteiger partial charge is 0.550 e.